The van der Waals surface area contributed by atoms with Crippen molar-refractivity contribution in [1.29, 1.82) is 0 Å². The van der Waals surface area contributed by atoms with E-state index in [4.69, 9.17) is 5.11 Å². The second-order valence-electron chi connectivity index (χ2n) is 4.96. The minimum atomic E-state index is -0.968. The number of benzene rings is 1. The smallest absolute Gasteiger partial charge is 0.335 e. The van der Waals surface area contributed by atoms with Gasteiger partial charge in [0, 0.05) is 18.8 Å². The van der Waals surface area contributed by atoms with Crippen LogP contribution in [0.5, 0.6) is 0 Å². The lowest BCUT2D eigenvalue weighted by atomic mass is 10.1. The van der Waals surface area contributed by atoms with E-state index in [0.29, 0.717) is 12.2 Å². The fourth-order valence-electron chi connectivity index (χ4n) is 1.78. The maximum Gasteiger partial charge on any atom is 0.335 e. The lowest BCUT2D eigenvalue weighted by molar-refractivity contribution is 0.0696. The average Bonchev–Trinajstić information content (AvgIpc) is 2.95. The molecular formula is C15H17N3O3. The molecule has 0 saturated heterocycles. The Kier molecular flexibility index (Phi) is 4.37. The number of carbonyl (C=O) groups excluding carboxylic acids is 1. The molecule has 110 valence electrons. The first-order chi connectivity index (χ1) is 9.97. The highest BCUT2D eigenvalue weighted by Crippen LogP contribution is 2.06. The second-order valence-corrected chi connectivity index (χ2v) is 4.96. The molecule has 0 radical (unpaired) electrons. The van der Waals surface area contributed by atoms with Crippen molar-refractivity contribution in [3.8, 4) is 0 Å². The quantitative estimate of drug-likeness (QED) is 0.882. The van der Waals surface area contributed by atoms with E-state index < -0.39 is 5.97 Å². The van der Waals surface area contributed by atoms with Gasteiger partial charge in [-0.05, 0) is 37.6 Å². The van der Waals surface area contributed by atoms with E-state index in [1.165, 1.54) is 12.1 Å². The first-order valence-corrected chi connectivity index (χ1v) is 6.63. The lowest BCUT2D eigenvalue weighted by Gasteiger charge is -2.05. The average molecular weight is 287 g/mol. The molecule has 0 aliphatic carbocycles. The maximum atomic E-state index is 11.9. The molecule has 2 rings (SSSR count). The SMILES string of the molecule is CC(C)n1ccc(C(=O)NCc2ccc(C(=O)O)cc2)n1. The first kappa shape index (κ1) is 14.8. The second kappa shape index (κ2) is 6.21. The molecule has 6 nitrogen and oxygen atoms in total. The fraction of sp³-hybridized carbons (Fsp3) is 0.267. The van der Waals surface area contributed by atoms with Crippen LogP contribution in [-0.4, -0.2) is 26.8 Å². The van der Waals surface area contributed by atoms with Gasteiger partial charge in [-0.2, -0.15) is 5.10 Å². The van der Waals surface area contributed by atoms with Crippen molar-refractivity contribution in [1.82, 2.24) is 15.1 Å². The molecule has 0 spiro atoms. The van der Waals surface area contributed by atoms with E-state index in [2.05, 4.69) is 10.4 Å². The predicted octanol–water partition coefficient (Wildman–Crippen LogP) is 2.09. The summed E-state index contributed by atoms with van der Waals surface area (Å²) in [4.78, 5) is 22.7. The van der Waals surface area contributed by atoms with Crippen molar-refractivity contribution in [3.63, 3.8) is 0 Å². The number of hydrogen-bond donors (Lipinski definition) is 2. The number of amides is 1. The summed E-state index contributed by atoms with van der Waals surface area (Å²) in [6.45, 7) is 4.30. The van der Waals surface area contributed by atoms with Gasteiger partial charge in [-0.1, -0.05) is 12.1 Å². The summed E-state index contributed by atoms with van der Waals surface area (Å²) >= 11 is 0. The van der Waals surface area contributed by atoms with Crippen molar-refractivity contribution < 1.29 is 14.7 Å². The molecule has 2 aromatic rings. The summed E-state index contributed by atoms with van der Waals surface area (Å²) < 4.78 is 1.72. The van der Waals surface area contributed by atoms with Gasteiger partial charge in [-0.15, -0.1) is 0 Å². The van der Waals surface area contributed by atoms with Crippen LogP contribution in [0, 0.1) is 0 Å². The minimum absolute atomic E-state index is 0.204. The molecule has 0 aliphatic rings. The van der Waals surface area contributed by atoms with Crippen LogP contribution >= 0.6 is 0 Å². The normalized spacial score (nSPS) is 10.6. The third kappa shape index (κ3) is 3.68. The number of aromatic nitrogens is 2. The molecule has 0 bridgehead atoms. The molecule has 0 aliphatic heterocycles. The lowest BCUT2D eigenvalue weighted by Crippen LogP contribution is -2.23. The summed E-state index contributed by atoms with van der Waals surface area (Å²) in [5.74, 6) is -1.22. The Labute approximate surface area is 122 Å². The van der Waals surface area contributed by atoms with E-state index in [-0.39, 0.29) is 17.5 Å². The predicted molar refractivity (Wildman–Crippen MR) is 77.2 cm³/mol. The van der Waals surface area contributed by atoms with Gasteiger partial charge in [0.2, 0.25) is 0 Å². The van der Waals surface area contributed by atoms with Crippen molar-refractivity contribution >= 4 is 11.9 Å². The molecule has 1 aromatic heterocycles. The standard InChI is InChI=1S/C15H17N3O3/c1-10(2)18-8-7-13(17-18)14(19)16-9-11-3-5-12(6-4-11)15(20)21/h3-8,10H,9H2,1-2H3,(H,16,19)(H,20,21). The van der Waals surface area contributed by atoms with E-state index in [9.17, 15) is 9.59 Å². The van der Waals surface area contributed by atoms with E-state index in [1.807, 2.05) is 13.8 Å². The summed E-state index contributed by atoms with van der Waals surface area (Å²) in [6.07, 6.45) is 1.77. The van der Waals surface area contributed by atoms with Crippen LogP contribution in [0.2, 0.25) is 0 Å². The topological polar surface area (TPSA) is 84.2 Å². The molecule has 0 saturated carbocycles. The van der Waals surface area contributed by atoms with Gasteiger partial charge >= 0.3 is 5.97 Å². The van der Waals surface area contributed by atoms with E-state index >= 15 is 0 Å². The largest absolute Gasteiger partial charge is 0.478 e. The fourth-order valence-corrected chi connectivity index (χ4v) is 1.78. The molecule has 2 N–H and O–H groups in total. The van der Waals surface area contributed by atoms with Crippen molar-refractivity contribution in [2.75, 3.05) is 0 Å². The van der Waals surface area contributed by atoms with Gasteiger partial charge in [0.25, 0.3) is 5.91 Å². The molecule has 1 heterocycles. The number of nitrogens with one attached hydrogen (secondary N) is 1. The highest BCUT2D eigenvalue weighted by molar-refractivity contribution is 5.92. The van der Waals surface area contributed by atoms with Crippen LogP contribution in [0.3, 0.4) is 0 Å². The Morgan fingerprint density at radius 3 is 2.43 bits per heavy atom. The number of rotatable bonds is 5. The number of carboxylic acids is 1. The van der Waals surface area contributed by atoms with Crippen LogP contribution in [0.1, 0.15) is 46.3 Å². The van der Waals surface area contributed by atoms with Gasteiger partial charge in [0.05, 0.1) is 5.56 Å². The molecule has 6 heteroatoms. The van der Waals surface area contributed by atoms with Crippen LogP contribution in [-0.2, 0) is 6.54 Å². The van der Waals surface area contributed by atoms with Crippen molar-refractivity contribution in [2.24, 2.45) is 0 Å². The Balaban J connectivity index is 1.95. The Hall–Kier alpha value is -2.63. The highest BCUT2D eigenvalue weighted by Gasteiger charge is 2.10. The minimum Gasteiger partial charge on any atom is -0.478 e. The van der Waals surface area contributed by atoms with Gasteiger partial charge in [0.15, 0.2) is 0 Å². The molecule has 21 heavy (non-hydrogen) atoms. The Morgan fingerprint density at radius 2 is 1.90 bits per heavy atom. The number of hydrogen-bond acceptors (Lipinski definition) is 3. The Bertz CT molecular complexity index is 644. The molecular weight excluding hydrogens is 270 g/mol. The zero-order chi connectivity index (χ0) is 15.4. The van der Waals surface area contributed by atoms with Gasteiger partial charge in [0.1, 0.15) is 5.69 Å². The van der Waals surface area contributed by atoms with Crippen LogP contribution in [0.4, 0.5) is 0 Å². The third-order valence-electron chi connectivity index (χ3n) is 3.02. The number of carboxylic acid groups (broad SMARTS) is 1. The van der Waals surface area contributed by atoms with Crippen molar-refractivity contribution in [2.45, 2.75) is 26.4 Å². The molecule has 0 fully saturated rings. The van der Waals surface area contributed by atoms with Crippen molar-refractivity contribution in [3.05, 3.63) is 53.3 Å². The van der Waals surface area contributed by atoms with Crippen LogP contribution in [0.25, 0.3) is 0 Å². The van der Waals surface area contributed by atoms with Gasteiger partial charge in [-0.3, -0.25) is 9.48 Å². The van der Waals surface area contributed by atoms with Gasteiger partial charge < -0.3 is 10.4 Å². The maximum absolute atomic E-state index is 11.9. The molecule has 1 amide bonds. The summed E-state index contributed by atoms with van der Waals surface area (Å²) in [7, 11) is 0. The number of carbonyl (C=O) groups is 2. The van der Waals surface area contributed by atoms with Gasteiger partial charge in [-0.25, -0.2) is 4.79 Å². The van der Waals surface area contributed by atoms with E-state index in [0.717, 1.165) is 5.56 Å². The zero-order valence-electron chi connectivity index (χ0n) is 11.9. The van der Waals surface area contributed by atoms with Crippen LogP contribution < -0.4 is 5.32 Å². The summed E-state index contributed by atoms with van der Waals surface area (Å²) in [5, 5.41) is 15.7. The summed E-state index contributed by atoms with van der Waals surface area (Å²) in [6, 6.07) is 8.25. The van der Waals surface area contributed by atoms with Crippen LogP contribution in [0.15, 0.2) is 36.5 Å². The molecule has 0 unspecified atom stereocenters. The number of nitrogens with zero attached hydrogens (tertiary/aromatic N) is 2. The highest BCUT2D eigenvalue weighted by atomic mass is 16.4. The molecule has 1 aromatic carbocycles. The van der Waals surface area contributed by atoms with E-state index in [1.54, 1.807) is 29.1 Å². The molecule has 0 atom stereocenters. The first-order valence-electron chi connectivity index (χ1n) is 6.63. The number of aromatic carboxylic acids is 1. The Morgan fingerprint density at radius 1 is 1.24 bits per heavy atom. The monoisotopic (exact) mass is 287 g/mol. The third-order valence-corrected chi connectivity index (χ3v) is 3.02. The zero-order valence-corrected chi connectivity index (χ0v) is 11.9. The summed E-state index contributed by atoms with van der Waals surface area (Å²) in [5.41, 5.74) is 1.42.